The van der Waals surface area contributed by atoms with Gasteiger partial charge in [-0.15, -0.1) is 0 Å². The number of carbonyl (C=O) groups is 1. The van der Waals surface area contributed by atoms with Gasteiger partial charge in [-0.2, -0.15) is 5.26 Å². The molecule has 3 nitrogen and oxygen atoms in total. The van der Waals surface area contributed by atoms with Crippen molar-refractivity contribution in [3.63, 3.8) is 0 Å². The average molecular weight is 582 g/mol. The first-order chi connectivity index (χ1) is 13.7. The first-order valence-electron chi connectivity index (χ1n) is 9.46. The minimum absolute atomic E-state index is 0.0224. The highest BCUT2D eigenvalue weighted by atomic mass is 79.9. The lowest BCUT2D eigenvalue weighted by Crippen LogP contribution is -2.71. The fourth-order valence-electron chi connectivity index (χ4n) is 5.30. The van der Waals surface area contributed by atoms with Crippen LogP contribution in [-0.2, 0) is 4.79 Å². The number of hydrogen-bond acceptors (Lipinski definition) is 3. The van der Waals surface area contributed by atoms with Gasteiger partial charge in [0.25, 0.3) is 0 Å². The topological polar surface area (TPSA) is 50.1 Å². The van der Waals surface area contributed by atoms with E-state index in [-0.39, 0.29) is 25.4 Å². The van der Waals surface area contributed by atoms with Crippen molar-refractivity contribution in [3.05, 3.63) is 54.1 Å². The van der Waals surface area contributed by atoms with Crippen LogP contribution in [0.3, 0.4) is 0 Å². The van der Waals surface area contributed by atoms with Crippen LogP contribution < -0.4 is 4.74 Å². The number of nitrogens with zero attached hydrogens (tertiary/aromatic N) is 1. The predicted molar refractivity (Wildman–Crippen MR) is 124 cm³/mol. The molecule has 0 spiro atoms. The van der Waals surface area contributed by atoms with Gasteiger partial charge in [-0.05, 0) is 53.6 Å². The molecule has 0 N–H and O–H groups in total. The number of rotatable bonds is 4. The Balaban J connectivity index is 1.53. The van der Waals surface area contributed by atoms with Crippen molar-refractivity contribution in [2.24, 2.45) is 16.2 Å². The number of carbonyl (C=O) groups excluding carboxylic acids is 1. The Hall–Kier alpha value is -1.16. The van der Waals surface area contributed by atoms with E-state index in [0.29, 0.717) is 11.3 Å². The van der Waals surface area contributed by atoms with E-state index in [1.165, 1.54) is 0 Å². The normalized spacial score (nSPS) is 29.2. The van der Waals surface area contributed by atoms with Gasteiger partial charge in [-0.25, -0.2) is 0 Å². The molecule has 6 heteroatoms. The van der Waals surface area contributed by atoms with E-state index in [4.69, 9.17) is 10.00 Å². The third-order valence-corrected chi connectivity index (χ3v) is 10.5. The lowest BCUT2D eigenvalue weighted by molar-refractivity contribution is -0.176. The zero-order valence-corrected chi connectivity index (χ0v) is 20.8. The second-order valence-electron chi connectivity index (χ2n) is 8.40. The summed E-state index contributed by atoms with van der Waals surface area (Å²) >= 11 is 11.2. The van der Waals surface area contributed by atoms with Crippen molar-refractivity contribution >= 4 is 53.8 Å². The van der Waals surface area contributed by atoms with Gasteiger partial charge in [0, 0.05) is 10.2 Å². The second-order valence-corrected chi connectivity index (χ2v) is 12.4. The molecule has 0 heterocycles. The highest BCUT2D eigenvalue weighted by Crippen LogP contribution is 2.82. The van der Waals surface area contributed by atoms with Gasteiger partial charge in [0.2, 0.25) is 0 Å². The van der Waals surface area contributed by atoms with Gasteiger partial charge in [0.15, 0.2) is 0 Å². The molecule has 0 aromatic heterocycles. The molecule has 2 bridgehead atoms. The summed E-state index contributed by atoms with van der Waals surface area (Å²) in [6.07, 6.45) is 1.77. The number of fused-ring (bicyclic) bond motifs is 1. The summed E-state index contributed by atoms with van der Waals surface area (Å²) in [5, 5.41) is 8.93. The summed E-state index contributed by atoms with van der Waals surface area (Å²) < 4.78 is 5.99. The van der Waals surface area contributed by atoms with Crippen molar-refractivity contribution in [3.8, 4) is 22.9 Å². The van der Waals surface area contributed by atoms with Crippen molar-refractivity contribution in [1.82, 2.24) is 0 Å². The molecule has 2 aromatic carbocycles. The van der Waals surface area contributed by atoms with Crippen LogP contribution in [0.1, 0.15) is 32.3 Å². The molecule has 3 aliphatic carbocycles. The lowest BCUT2D eigenvalue weighted by atomic mass is 9.43. The van der Waals surface area contributed by atoms with Crippen molar-refractivity contribution in [2.45, 2.75) is 35.3 Å². The maximum absolute atomic E-state index is 13.3. The van der Waals surface area contributed by atoms with Crippen LogP contribution in [0, 0.1) is 27.6 Å². The molecule has 0 aliphatic heterocycles. The van der Waals surface area contributed by atoms with Gasteiger partial charge >= 0.3 is 5.97 Å². The highest BCUT2D eigenvalue weighted by molar-refractivity contribution is 9.24. The molecule has 5 rings (SSSR count). The molecule has 3 aliphatic rings. The molecule has 3 saturated carbocycles. The Bertz CT molecular complexity index is 994. The first kappa shape index (κ1) is 21.1. The fraction of sp³-hybridized carbons (Fsp3) is 0.391. The van der Waals surface area contributed by atoms with Gasteiger partial charge < -0.3 is 4.74 Å². The SMILES string of the molecule is CC1(C)C2(C(=O)Oc3ccc(-c4ccc(C#N)cc4)cc3)CCC1(C(Br)Br)C2Br. The molecule has 0 radical (unpaired) electrons. The molecule has 3 fully saturated rings. The van der Waals surface area contributed by atoms with E-state index in [0.717, 1.165) is 24.0 Å². The third-order valence-electron chi connectivity index (χ3n) is 7.26. The Labute approximate surface area is 196 Å². The molecular formula is C23H20Br3NO2. The van der Waals surface area contributed by atoms with E-state index < -0.39 is 5.41 Å². The molecular weight excluding hydrogens is 562 g/mol. The zero-order valence-electron chi connectivity index (χ0n) is 16.1. The maximum Gasteiger partial charge on any atom is 0.319 e. The van der Waals surface area contributed by atoms with Gasteiger partial charge in [0.1, 0.15) is 5.75 Å². The number of esters is 1. The van der Waals surface area contributed by atoms with Crippen LogP contribution in [0.5, 0.6) is 5.75 Å². The summed E-state index contributed by atoms with van der Waals surface area (Å²) in [5.41, 5.74) is 1.92. The smallest absolute Gasteiger partial charge is 0.319 e. The monoisotopic (exact) mass is 579 g/mol. The fourth-order valence-corrected chi connectivity index (χ4v) is 10.2. The van der Waals surface area contributed by atoms with E-state index in [9.17, 15) is 4.79 Å². The maximum atomic E-state index is 13.3. The molecule has 29 heavy (non-hydrogen) atoms. The molecule has 3 atom stereocenters. The van der Waals surface area contributed by atoms with Crippen molar-refractivity contribution in [1.29, 1.82) is 5.26 Å². The molecule has 2 aromatic rings. The van der Waals surface area contributed by atoms with E-state index in [1.54, 1.807) is 12.1 Å². The number of benzene rings is 2. The molecule has 150 valence electrons. The number of alkyl halides is 3. The minimum atomic E-state index is -0.529. The summed E-state index contributed by atoms with van der Waals surface area (Å²) in [6, 6.07) is 17.1. The van der Waals surface area contributed by atoms with Crippen molar-refractivity contribution < 1.29 is 9.53 Å². The zero-order chi connectivity index (χ0) is 21.0. The van der Waals surface area contributed by atoms with E-state index in [1.807, 2.05) is 36.4 Å². The predicted octanol–water partition coefficient (Wildman–Crippen LogP) is 6.82. The number of halogens is 3. The standard InChI is InChI=1S/C23H20Br3NO2/c1-21(2)22(19(25)26)11-12-23(21,18(22)24)20(28)29-17-9-7-16(8-10-17)15-5-3-14(13-27)4-6-15/h3-10,18-19H,11-12H2,1-2H3. The lowest BCUT2D eigenvalue weighted by Gasteiger charge is -2.65. The largest absolute Gasteiger partial charge is 0.426 e. The average Bonchev–Trinajstić information content (AvgIpc) is 3.18. The first-order valence-corrected chi connectivity index (χ1v) is 12.2. The third kappa shape index (κ3) is 2.73. The summed E-state index contributed by atoms with van der Waals surface area (Å²) in [7, 11) is 0. The van der Waals surface area contributed by atoms with Gasteiger partial charge in [-0.1, -0.05) is 85.9 Å². The molecule has 0 saturated heterocycles. The summed E-state index contributed by atoms with van der Waals surface area (Å²) in [4.78, 5) is 13.3. The molecule has 3 unspecified atom stereocenters. The second kappa shape index (κ2) is 7.21. The van der Waals surface area contributed by atoms with Crippen LogP contribution in [0.2, 0.25) is 0 Å². The summed E-state index contributed by atoms with van der Waals surface area (Å²) in [6.45, 7) is 4.34. The van der Waals surface area contributed by atoms with Crippen LogP contribution in [0.25, 0.3) is 11.1 Å². The van der Waals surface area contributed by atoms with Crippen LogP contribution in [-0.4, -0.2) is 14.5 Å². The number of hydrogen-bond donors (Lipinski definition) is 0. The minimum Gasteiger partial charge on any atom is -0.426 e. The Morgan fingerprint density at radius 2 is 1.62 bits per heavy atom. The Morgan fingerprint density at radius 1 is 1.07 bits per heavy atom. The van der Waals surface area contributed by atoms with Gasteiger partial charge in [-0.3, -0.25) is 4.79 Å². The Morgan fingerprint density at radius 3 is 2.07 bits per heavy atom. The Kier molecular flexibility index (Phi) is 5.25. The molecule has 0 amide bonds. The van der Waals surface area contributed by atoms with Crippen molar-refractivity contribution in [2.75, 3.05) is 0 Å². The van der Waals surface area contributed by atoms with Crippen LogP contribution in [0.15, 0.2) is 48.5 Å². The number of ether oxygens (including phenoxy) is 1. The van der Waals surface area contributed by atoms with E-state index in [2.05, 4.69) is 67.7 Å². The quantitative estimate of drug-likeness (QED) is 0.226. The summed E-state index contributed by atoms with van der Waals surface area (Å²) in [5.74, 6) is 0.389. The van der Waals surface area contributed by atoms with Gasteiger partial charge in [0.05, 0.1) is 20.8 Å². The highest BCUT2D eigenvalue weighted by Gasteiger charge is 2.84. The van der Waals surface area contributed by atoms with E-state index >= 15 is 0 Å². The van der Waals surface area contributed by atoms with Crippen LogP contribution >= 0.6 is 47.8 Å². The number of nitriles is 1. The van der Waals surface area contributed by atoms with Crippen LogP contribution in [0.4, 0.5) is 0 Å².